The zero-order valence-electron chi connectivity index (χ0n) is 11.5. The summed E-state index contributed by atoms with van der Waals surface area (Å²) >= 11 is 0. The maximum Gasteiger partial charge on any atom is 0.257 e. The molecule has 1 aromatic carbocycles. The van der Waals surface area contributed by atoms with Gasteiger partial charge in [-0.05, 0) is 24.3 Å². The van der Waals surface area contributed by atoms with E-state index in [1.165, 1.54) is 6.20 Å². The van der Waals surface area contributed by atoms with E-state index < -0.39 is 0 Å². The fourth-order valence-electron chi connectivity index (χ4n) is 1.96. The monoisotopic (exact) mass is 284 g/mol. The number of carbonyl (C=O) groups is 1. The van der Waals surface area contributed by atoms with Gasteiger partial charge in [0, 0.05) is 30.1 Å². The van der Waals surface area contributed by atoms with Gasteiger partial charge in [-0.2, -0.15) is 0 Å². The van der Waals surface area contributed by atoms with Crippen molar-refractivity contribution in [1.82, 2.24) is 4.98 Å². The van der Waals surface area contributed by atoms with Crippen LogP contribution in [0, 0.1) is 5.92 Å². The highest BCUT2D eigenvalue weighted by Gasteiger charge is 2.18. The smallest absolute Gasteiger partial charge is 0.257 e. The Morgan fingerprint density at radius 2 is 2.24 bits per heavy atom. The third-order valence-electron chi connectivity index (χ3n) is 3.21. The van der Waals surface area contributed by atoms with Crippen LogP contribution in [0.4, 0.5) is 5.69 Å². The van der Waals surface area contributed by atoms with Crippen molar-refractivity contribution < 1.29 is 14.3 Å². The number of nitrogens with one attached hydrogen (secondary N) is 1. The second-order valence-electron chi connectivity index (χ2n) is 4.94. The molecule has 1 fully saturated rings. The van der Waals surface area contributed by atoms with Crippen LogP contribution in [0.1, 0.15) is 10.4 Å². The van der Waals surface area contributed by atoms with E-state index in [0.717, 1.165) is 19.0 Å². The second kappa shape index (κ2) is 6.37. The summed E-state index contributed by atoms with van der Waals surface area (Å²) in [5.74, 6) is 1.03. The van der Waals surface area contributed by atoms with Gasteiger partial charge in [-0.15, -0.1) is 0 Å². The second-order valence-corrected chi connectivity index (χ2v) is 4.94. The van der Waals surface area contributed by atoms with E-state index in [4.69, 9.17) is 9.47 Å². The van der Waals surface area contributed by atoms with Crippen molar-refractivity contribution in [2.75, 3.05) is 25.1 Å². The number of anilines is 1. The predicted octanol–water partition coefficient (Wildman–Crippen LogP) is 2.36. The van der Waals surface area contributed by atoms with Crippen LogP contribution in [0.5, 0.6) is 5.75 Å². The fraction of sp³-hybridized carbons (Fsp3) is 0.250. The lowest BCUT2D eigenvalue weighted by molar-refractivity contribution is -0.0508. The number of aromatic nitrogens is 1. The van der Waals surface area contributed by atoms with Crippen molar-refractivity contribution in [2.45, 2.75) is 0 Å². The van der Waals surface area contributed by atoms with Crippen LogP contribution in [0.25, 0.3) is 0 Å². The van der Waals surface area contributed by atoms with Gasteiger partial charge in [0.15, 0.2) is 0 Å². The van der Waals surface area contributed by atoms with Crippen LogP contribution in [0.2, 0.25) is 0 Å². The molecule has 0 unspecified atom stereocenters. The van der Waals surface area contributed by atoms with Crippen LogP contribution < -0.4 is 10.1 Å². The van der Waals surface area contributed by atoms with Crippen molar-refractivity contribution in [1.29, 1.82) is 0 Å². The van der Waals surface area contributed by atoms with Crippen molar-refractivity contribution in [3.63, 3.8) is 0 Å². The minimum atomic E-state index is -0.187. The standard InChI is InChI=1S/C16H16N2O3/c19-16(13-3-2-6-17-8-13)18-14-4-1-5-15(7-14)21-11-12-9-20-10-12/h1-8,12H,9-11H2,(H,18,19). The molecule has 5 heteroatoms. The Bertz CT molecular complexity index is 612. The molecule has 0 spiro atoms. The van der Waals surface area contributed by atoms with Gasteiger partial charge in [0.1, 0.15) is 5.75 Å². The van der Waals surface area contributed by atoms with Crippen molar-refractivity contribution in [2.24, 2.45) is 5.92 Å². The molecule has 1 aromatic heterocycles. The quantitative estimate of drug-likeness (QED) is 0.915. The third kappa shape index (κ3) is 3.58. The van der Waals surface area contributed by atoms with Crippen LogP contribution in [0.3, 0.4) is 0 Å². The molecule has 0 atom stereocenters. The first-order chi connectivity index (χ1) is 10.3. The van der Waals surface area contributed by atoms with E-state index in [2.05, 4.69) is 10.3 Å². The number of amides is 1. The fourth-order valence-corrected chi connectivity index (χ4v) is 1.96. The largest absolute Gasteiger partial charge is 0.493 e. The molecule has 2 aromatic rings. The van der Waals surface area contributed by atoms with E-state index in [9.17, 15) is 4.79 Å². The van der Waals surface area contributed by atoms with E-state index in [0.29, 0.717) is 23.8 Å². The summed E-state index contributed by atoms with van der Waals surface area (Å²) in [5.41, 5.74) is 1.22. The van der Waals surface area contributed by atoms with Crippen molar-refractivity contribution in [3.05, 3.63) is 54.4 Å². The molecule has 1 N–H and O–H groups in total. The highest BCUT2D eigenvalue weighted by Crippen LogP contribution is 2.20. The van der Waals surface area contributed by atoms with E-state index >= 15 is 0 Å². The van der Waals surface area contributed by atoms with Gasteiger partial charge in [0.2, 0.25) is 0 Å². The number of carbonyl (C=O) groups excluding carboxylic acids is 1. The summed E-state index contributed by atoms with van der Waals surface area (Å²) < 4.78 is 10.8. The van der Waals surface area contributed by atoms with Gasteiger partial charge in [-0.1, -0.05) is 6.07 Å². The minimum absolute atomic E-state index is 0.187. The summed E-state index contributed by atoms with van der Waals surface area (Å²) in [4.78, 5) is 16.0. The number of benzene rings is 1. The molecule has 3 rings (SSSR count). The molecule has 0 aliphatic carbocycles. The van der Waals surface area contributed by atoms with E-state index in [-0.39, 0.29) is 5.91 Å². The number of pyridine rings is 1. The maximum atomic E-state index is 12.0. The zero-order chi connectivity index (χ0) is 14.5. The number of hydrogen-bond acceptors (Lipinski definition) is 4. The van der Waals surface area contributed by atoms with E-state index in [1.54, 1.807) is 18.3 Å². The average molecular weight is 284 g/mol. The molecule has 0 radical (unpaired) electrons. The van der Waals surface area contributed by atoms with Gasteiger partial charge in [-0.25, -0.2) is 0 Å². The lowest BCUT2D eigenvalue weighted by Gasteiger charge is -2.25. The molecule has 1 amide bonds. The number of hydrogen-bond donors (Lipinski definition) is 1. The zero-order valence-corrected chi connectivity index (χ0v) is 11.5. The SMILES string of the molecule is O=C(Nc1cccc(OCC2COC2)c1)c1cccnc1. The van der Waals surface area contributed by atoms with Gasteiger partial charge >= 0.3 is 0 Å². The summed E-state index contributed by atoms with van der Waals surface area (Å²) in [5, 5.41) is 2.83. The van der Waals surface area contributed by atoms with Gasteiger partial charge in [0.25, 0.3) is 5.91 Å². The molecular formula is C16H16N2O3. The Balaban J connectivity index is 1.61. The Hall–Kier alpha value is -2.40. The Labute approximate surface area is 122 Å². The number of rotatable bonds is 5. The topological polar surface area (TPSA) is 60.5 Å². The molecule has 1 aliphatic rings. The maximum absolute atomic E-state index is 12.0. The van der Waals surface area contributed by atoms with Crippen LogP contribution in [-0.4, -0.2) is 30.7 Å². The van der Waals surface area contributed by atoms with Gasteiger partial charge in [0.05, 0.1) is 25.4 Å². The Kier molecular flexibility index (Phi) is 4.12. The molecule has 1 saturated heterocycles. The number of nitrogens with zero attached hydrogens (tertiary/aromatic N) is 1. The number of ether oxygens (including phenoxy) is 2. The first kappa shape index (κ1) is 13.6. The van der Waals surface area contributed by atoms with E-state index in [1.807, 2.05) is 24.3 Å². The molecule has 1 aliphatic heterocycles. The lowest BCUT2D eigenvalue weighted by atomic mass is 10.1. The summed E-state index contributed by atoms with van der Waals surface area (Å²) in [6.45, 7) is 2.16. The first-order valence-electron chi connectivity index (χ1n) is 6.83. The normalized spacial score (nSPS) is 14.3. The molecule has 21 heavy (non-hydrogen) atoms. The van der Waals surface area contributed by atoms with Crippen LogP contribution in [-0.2, 0) is 4.74 Å². The van der Waals surface area contributed by atoms with Gasteiger partial charge in [-0.3, -0.25) is 9.78 Å². The Morgan fingerprint density at radius 3 is 2.95 bits per heavy atom. The summed E-state index contributed by atoms with van der Waals surface area (Å²) in [7, 11) is 0. The molecule has 0 saturated carbocycles. The predicted molar refractivity (Wildman–Crippen MR) is 78.4 cm³/mol. The van der Waals surface area contributed by atoms with Gasteiger partial charge < -0.3 is 14.8 Å². The molecule has 108 valence electrons. The molecule has 0 bridgehead atoms. The summed E-state index contributed by atoms with van der Waals surface area (Å²) in [6, 6.07) is 10.8. The third-order valence-corrected chi connectivity index (χ3v) is 3.21. The lowest BCUT2D eigenvalue weighted by Crippen LogP contribution is -2.32. The van der Waals surface area contributed by atoms with Crippen LogP contribution in [0.15, 0.2) is 48.8 Å². The van der Waals surface area contributed by atoms with Crippen molar-refractivity contribution in [3.8, 4) is 5.75 Å². The Morgan fingerprint density at radius 1 is 1.33 bits per heavy atom. The van der Waals surface area contributed by atoms with Crippen LogP contribution >= 0.6 is 0 Å². The first-order valence-corrected chi connectivity index (χ1v) is 6.83. The highest BCUT2D eigenvalue weighted by atomic mass is 16.5. The highest BCUT2D eigenvalue weighted by molar-refractivity contribution is 6.04. The minimum Gasteiger partial charge on any atom is -0.493 e. The average Bonchev–Trinajstić information content (AvgIpc) is 2.47. The molecular weight excluding hydrogens is 268 g/mol. The molecule has 2 heterocycles. The molecule has 5 nitrogen and oxygen atoms in total. The summed E-state index contributed by atoms with van der Waals surface area (Å²) in [6.07, 6.45) is 3.17. The van der Waals surface area contributed by atoms with Crippen molar-refractivity contribution >= 4 is 11.6 Å².